The number of aliphatic hydroxyl groups is 1. The maximum Gasteiger partial charge on any atom is 0.222 e. The third-order valence-corrected chi connectivity index (χ3v) is 3.20. The molecule has 3 N–H and O–H groups in total. The summed E-state index contributed by atoms with van der Waals surface area (Å²) in [5, 5.41) is 10.4. The highest BCUT2D eigenvalue weighted by Gasteiger charge is 2.31. The highest BCUT2D eigenvalue weighted by molar-refractivity contribution is 5.42. The highest BCUT2D eigenvalue weighted by atomic mass is 16.5. The third kappa shape index (κ3) is 3.08. The summed E-state index contributed by atoms with van der Waals surface area (Å²) in [5.74, 6) is 0.996. The van der Waals surface area contributed by atoms with E-state index in [0.29, 0.717) is 32.6 Å². The quantitative estimate of drug-likeness (QED) is 0.807. The van der Waals surface area contributed by atoms with Crippen LogP contribution >= 0.6 is 0 Å². The van der Waals surface area contributed by atoms with Crippen LogP contribution in [0.3, 0.4) is 0 Å². The zero-order valence-electron chi connectivity index (χ0n) is 10.9. The predicted molar refractivity (Wildman–Crippen MR) is 69.5 cm³/mol. The Morgan fingerprint density at radius 3 is 2.72 bits per heavy atom. The summed E-state index contributed by atoms with van der Waals surface area (Å²) in [5.41, 5.74) is 5.75. The number of nitrogen functional groups attached to an aromatic ring is 1. The molecule has 0 atom stereocenters. The lowest BCUT2D eigenvalue weighted by Crippen LogP contribution is -2.46. The number of anilines is 2. The largest absolute Gasteiger partial charge is 0.388 e. The Balaban J connectivity index is 2.08. The summed E-state index contributed by atoms with van der Waals surface area (Å²) < 4.78 is 5.27. The van der Waals surface area contributed by atoms with Crippen molar-refractivity contribution in [3.05, 3.63) is 11.8 Å². The number of aryl methyl sites for hydroxylation is 1. The predicted octanol–water partition coefficient (Wildman–Crippen LogP) is 0.345. The van der Waals surface area contributed by atoms with E-state index in [2.05, 4.69) is 9.97 Å². The molecule has 0 spiro atoms. The fraction of sp³-hybridized carbons (Fsp3) is 0.667. The second kappa shape index (κ2) is 5.07. The molecular weight excluding hydrogens is 232 g/mol. The molecule has 0 unspecified atom stereocenters. The summed E-state index contributed by atoms with van der Waals surface area (Å²) in [7, 11) is 1.90. The topological polar surface area (TPSA) is 84.5 Å². The monoisotopic (exact) mass is 252 g/mol. The minimum atomic E-state index is -0.708. The first-order chi connectivity index (χ1) is 8.48. The van der Waals surface area contributed by atoms with E-state index < -0.39 is 5.60 Å². The van der Waals surface area contributed by atoms with Gasteiger partial charge in [-0.1, -0.05) is 0 Å². The zero-order valence-corrected chi connectivity index (χ0v) is 10.9. The van der Waals surface area contributed by atoms with Crippen molar-refractivity contribution in [2.24, 2.45) is 0 Å². The number of nitrogens with two attached hydrogens (primary N) is 1. The van der Waals surface area contributed by atoms with Gasteiger partial charge in [-0.05, 0) is 6.92 Å². The van der Waals surface area contributed by atoms with Crippen LogP contribution in [0.1, 0.15) is 18.5 Å². The molecule has 1 aliphatic rings. The minimum absolute atomic E-state index is 0.260. The first-order valence-corrected chi connectivity index (χ1v) is 6.11. The number of hydrogen-bond acceptors (Lipinski definition) is 6. The molecule has 0 aliphatic carbocycles. The molecule has 6 nitrogen and oxygen atoms in total. The Morgan fingerprint density at radius 1 is 1.44 bits per heavy atom. The van der Waals surface area contributed by atoms with E-state index in [9.17, 15) is 5.11 Å². The molecule has 100 valence electrons. The molecule has 0 amide bonds. The number of hydrogen-bond donors (Lipinski definition) is 2. The van der Waals surface area contributed by atoms with E-state index in [0.717, 1.165) is 11.5 Å². The van der Waals surface area contributed by atoms with Gasteiger partial charge in [0, 0.05) is 51.4 Å². The van der Waals surface area contributed by atoms with Gasteiger partial charge < -0.3 is 20.5 Å². The van der Waals surface area contributed by atoms with Crippen molar-refractivity contribution in [3.8, 4) is 0 Å². The van der Waals surface area contributed by atoms with Crippen LogP contribution in [-0.4, -0.2) is 47.5 Å². The Bertz CT molecular complexity index is 398. The van der Waals surface area contributed by atoms with Crippen molar-refractivity contribution >= 4 is 11.8 Å². The van der Waals surface area contributed by atoms with E-state index in [1.54, 1.807) is 0 Å². The number of aromatic nitrogens is 2. The summed E-state index contributed by atoms with van der Waals surface area (Å²) in [6.45, 7) is 3.61. The van der Waals surface area contributed by atoms with Crippen molar-refractivity contribution in [3.63, 3.8) is 0 Å². The standard InChI is InChI=1S/C12H20N4O2/c1-9-7-10(15-11(13)14-9)16(2)8-12(17)3-5-18-6-4-12/h7,17H,3-6,8H2,1-2H3,(H2,13,14,15). The molecule has 0 aromatic carbocycles. The first-order valence-electron chi connectivity index (χ1n) is 6.11. The van der Waals surface area contributed by atoms with Crippen molar-refractivity contribution in [2.45, 2.75) is 25.4 Å². The fourth-order valence-corrected chi connectivity index (χ4v) is 2.20. The van der Waals surface area contributed by atoms with E-state index in [1.807, 2.05) is 24.9 Å². The summed E-state index contributed by atoms with van der Waals surface area (Å²) in [6.07, 6.45) is 1.30. The molecule has 2 rings (SSSR count). The fourth-order valence-electron chi connectivity index (χ4n) is 2.20. The van der Waals surface area contributed by atoms with E-state index >= 15 is 0 Å². The van der Waals surface area contributed by atoms with Crippen LogP contribution in [0.25, 0.3) is 0 Å². The molecule has 1 aromatic heterocycles. The van der Waals surface area contributed by atoms with Gasteiger partial charge in [0.25, 0.3) is 0 Å². The van der Waals surface area contributed by atoms with Gasteiger partial charge in [0.1, 0.15) is 5.82 Å². The van der Waals surface area contributed by atoms with Crippen molar-refractivity contribution < 1.29 is 9.84 Å². The molecule has 6 heteroatoms. The molecular formula is C12H20N4O2. The van der Waals surface area contributed by atoms with Crippen LogP contribution < -0.4 is 10.6 Å². The van der Waals surface area contributed by atoms with Gasteiger partial charge in [-0.15, -0.1) is 0 Å². The van der Waals surface area contributed by atoms with Gasteiger partial charge in [-0.2, -0.15) is 4.98 Å². The molecule has 0 radical (unpaired) electrons. The molecule has 18 heavy (non-hydrogen) atoms. The molecule has 0 saturated carbocycles. The number of rotatable bonds is 3. The Labute approximate surface area is 107 Å². The Hall–Kier alpha value is -1.40. The van der Waals surface area contributed by atoms with Crippen molar-refractivity contribution in [1.29, 1.82) is 0 Å². The average Bonchev–Trinajstić information content (AvgIpc) is 2.28. The summed E-state index contributed by atoms with van der Waals surface area (Å²) >= 11 is 0. The third-order valence-electron chi connectivity index (χ3n) is 3.20. The Kier molecular flexibility index (Phi) is 3.68. The lowest BCUT2D eigenvalue weighted by Gasteiger charge is -2.35. The van der Waals surface area contributed by atoms with Crippen LogP contribution in [0, 0.1) is 6.92 Å². The molecule has 2 heterocycles. The smallest absolute Gasteiger partial charge is 0.222 e. The van der Waals surface area contributed by atoms with E-state index in [-0.39, 0.29) is 5.95 Å². The van der Waals surface area contributed by atoms with Crippen LogP contribution in [-0.2, 0) is 4.74 Å². The molecule has 1 aromatic rings. The SMILES string of the molecule is Cc1cc(N(C)CC2(O)CCOCC2)nc(N)n1. The van der Waals surface area contributed by atoms with Gasteiger partial charge in [0.2, 0.25) is 5.95 Å². The first kappa shape index (κ1) is 13.0. The molecule has 1 saturated heterocycles. The Morgan fingerprint density at radius 2 is 2.11 bits per heavy atom. The van der Waals surface area contributed by atoms with Crippen LogP contribution in [0.15, 0.2) is 6.07 Å². The molecule has 1 aliphatic heterocycles. The minimum Gasteiger partial charge on any atom is -0.388 e. The molecule has 0 bridgehead atoms. The van der Waals surface area contributed by atoms with Gasteiger partial charge in [0.05, 0.1) is 5.60 Å². The maximum absolute atomic E-state index is 10.4. The lowest BCUT2D eigenvalue weighted by atomic mass is 9.94. The summed E-state index contributed by atoms with van der Waals surface area (Å²) in [6, 6.07) is 1.86. The zero-order chi connectivity index (χ0) is 13.2. The normalized spacial score (nSPS) is 18.6. The number of likely N-dealkylation sites (N-methyl/N-ethyl adjacent to an activating group) is 1. The number of nitrogens with zero attached hydrogens (tertiary/aromatic N) is 3. The summed E-state index contributed by atoms with van der Waals surface area (Å²) in [4.78, 5) is 10.1. The number of ether oxygens (including phenoxy) is 1. The van der Waals surface area contributed by atoms with Gasteiger partial charge >= 0.3 is 0 Å². The van der Waals surface area contributed by atoms with Gasteiger partial charge in [-0.25, -0.2) is 4.98 Å². The van der Waals surface area contributed by atoms with Gasteiger partial charge in [0.15, 0.2) is 0 Å². The van der Waals surface area contributed by atoms with Crippen LogP contribution in [0.4, 0.5) is 11.8 Å². The van der Waals surface area contributed by atoms with Crippen LogP contribution in [0.2, 0.25) is 0 Å². The molecule has 1 fully saturated rings. The lowest BCUT2D eigenvalue weighted by molar-refractivity contribution is -0.0573. The maximum atomic E-state index is 10.4. The van der Waals surface area contributed by atoms with E-state index in [1.165, 1.54) is 0 Å². The highest BCUT2D eigenvalue weighted by Crippen LogP contribution is 2.23. The second-order valence-electron chi connectivity index (χ2n) is 4.92. The van der Waals surface area contributed by atoms with E-state index in [4.69, 9.17) is 10.5 Å². The van der Waals surface area contributed by atoms with Crippen molar-refractivity contribution in [2.75, 3.05) is 37.4 Å². The average molecular weight is 252 g/mol. The second-order valence-corrected chi connectivity index (χ2v) is 4.92. The van der Waals surface area contributed by atoms with Crippen molar-refractivity contribution in [1.82, 2.24) is 9.97 Å². The van der Waals surface area contributed by atoms with Gasteiger partial charge in [-0.3, -0.25) is 0 Å². The van der Waals surface area contributed by atoms with Crippen LogP contribution in [0.5, 0.6) is 0 Å².